The molecule has 0 amide bonds. The quantitative estimate of drug-likeness (QED) is 0.420. The molecule has 0 unspecified atom stereocenters. The van der Waals surface area contributed by atoms with Crippen LogP contribution in [0.25, 0.3) is 0 Å². The summed E-state index contributed by atoms with van der Waals surface area (Å²) in [6.45, 7) is 2.59. The van der Waals surface area contributed by atoms with Gasteiger partial charge in [-0.2, -0.15) is 0 Å². The Morgan fingerprint density at radius 2 is 2.42 bits per heavy atom. The highest BCUT2D eigenvalue weighted by Crippen LogP contribution is 2.30. The van der Waals surface area contributed by atoms with Crippen LogP contribution in [0.1, 0.15) is 13.3 Å². The molecule has 0 bridgehead atoms. The van der Waals surface area contributed by atoms with E-state index >= 15 is 0 Å². The molecule has 0 saturated carbocycles. The average molecular weight is 346 g/mol. The number of hydrogen-bond donors (Lipinski definition) is 3. The summed E-state index contributed by atoms with van der Waals surface area (Å²) in [5, 5.41) is 7.58. The van der Waals surface area contributed by atoms with Gasteiger partial charge in [0.05, 0.1) is 4.47 Å². The van der Waals surface area contributed by atoms with Gasteiger partial charge in [-0.25, -0.2) is 25.7 Å². The fourth-order valence-electron chi connectivity index (χ4n) is 1.38. The van der Waals surface area contributed by atoms with Gasteiger partial charge in [0.2, 0.25) is 5.95 Å². The predicted molar refractivity (Wildman–Crippen MR) is 74.8 cm³/mol. The molecule has 0 aliphatic rings. The van der Waals surface area contributed by atoms with Crippen LogP contribution in [-0.2, 0) is 6.54 Å². The zero-order valence-electron chi connectivity index (χ0n) is 10.1. The molecule has 10 heteroatoms. The van der Waals surface area contributed by atoms with Gasteiger partial charge in [0.15, 0.2) is 5.16 Å². The number of rotatable bonds is 5. The van der Waals surface area contributed by atoms with Crippen molar-refractivity contribution in [3.8, 4) is 0 Å². The molecule has 0 aliphatic carbocycles. The normalized spacial score (nSPS) is 10.7. The molecular formula is C9H12BrN7OS. The van der Waals surface area contributed by atoms with Gasteiger partial charge < -0.3 is 0 Å². The van der Waals surface area contributed by atoms with E-state index in [-0.39, 0.29) is 5.69 Å². The SMILES string of the molecule is CCCn1c(Sc2nc(NN)ncc2Br)n[nH]c1=O. The monoisotopic (exact) mass is 345 g/mol. The Morgan fingerprint density at radius 3 is 3.11 bits per heavy atom. The summed E-state index contributed by atoms with van der Waals surface area (Å²) in [7, 11) is 0. The van der Waals surface area contributed by atoms with Gasteiger partial charge >= 0.3 is 5.69 Å². The molecule has 8 nitrogen and oxygen atoms in total. The molecule has 2 rings (SSSR count). The average Bonchev–Trinajstić information content (AvgIpc) is 2.74. The predicted octanol–water partition coefficient (Wildman–Crippen LogP) is 0.971. The number of nitrogens with one attached hydrogen (secondary N) is 2. The van der Waals surface area contributed by atoms with Crippen LogP contribution in [-0.4, -0.2) is 24.7 Å². The number of anilines is 1. The summed E-state index contributed by atoms with van der Waals surface area (Å²) in [6, 6.07) is 0. The van der Waals surface area contributed by atoms with Gasteiger partial charge in [0.25, 0.3) is 0 Å². The smallest absolute Gasteiger partial charge is 0.292 e. The molecule has 2 aromatic rings. The van der Waals surface area contributed by atoms with E-state index in [0.29, 0.717) is 27.1 Å². The van der Waals surface area contributed by atoms with E-state index in [1.54, 1.807) is 10.8 Å². The molecule has 0 aliphatic heterocycles. The lowest BCUT2D eigenvalue weighted by atomic mass is 10.5. The molecule has 0 aromatic carbocycles. The highest BCUT2D eigenvalue weighted by molar-refractivity contribution is 9.10. The van der Waals surface area contributed by atoms with Crippen LogP contribution < -0.4 is 17.0 Å². The van der Waals surface area contributed by atoms with Gasteiger partial charge in [0, 0.05) is 12.7 Å². The van der Waals surface area contributed by atoms with Crippen molar-refractivity contribution in [2.45, 2.75) is 30.1 Å². The standard InChI is InChI=1S/C9H12BrN7OS/c1-2-3-17-8(18)15-16-9(17)19-6-5(10)4-12-7(13-6)14-11/h4H,2-3,11H2,1H3,(H,15,18)(H,12,13,14). The topological polar surface area (TPSA) is 115 Å². The maximum absolute atomic E-state index is 11.6. The fourth-order valence-corrected chi connectivity index (χ4v) is 2.65. The number of aromatic amines is 1. The van der Waals surface area contributed by atoms with Gasteiger partial charge in [-0.3, -0.25) is 9.99 Å². The van der Waals surface area contributed by atoms with Crippen LogP contribution in [0, 0.1) is 0 Å². The van der Waals surface area contributed by atoms with Crippen LogP contribution in [0.2, 0.25) is 0 Å². The number of hydrogen-bond acceptors (Lipinski definition) is 7. The number of H-pyrrole nitrogens is 1. The van der Waals surface area contributed by atoms with Crippen LogP contribution >= 0.6 is 27.7 Å². The van der Waals surface area contributed by atoms with E-state index in [0.717, 1.165) is 6.42 Å². The lowest BCUT2D eigenvalue weighted by molar-refractivity contribution is 0.603. The van der Waals surface area contributed by atoms with Gasteiger partial charge in [-0.1, -0.05) is 6.92 Å². The van der Waals surface area contributed by atoms with Crippen molar-refractivity contribution >= 4 is 33.6 Å². The van der Waals surface area contributed by atoms with E-state index < -0.39 is 0 Å². The zero-order valence-corrected chi connectivity index (χ0v) is 12.5. The molecule has 2 aromatic heterocycles. The Hall–Kier alpha value is -1.39. The third-order valence-corrected chi connectivity index (χ3v) is 4.04. The lowest BCUT2D eigenvalue weighted by Crippen LogP contribution is -2.17. The zero-order chi connectivity index (χ0) is 13.8. The Bertz CT molecular complexity index is 625. The van der Waals surface area contributed by atoms with E-state index in [9.17, 15) is 4.79 Å². The van der Waals surface area contributed by atoms with Crippen molar-refractivity contribution in [2.75, 3.05) is 5.43 Å². The summed E-state index contributed by atoms with van der Waals surface area (Å²) in [5.41, 5.74) is 2.14. The van der Waals surface area contributed by atoms with Crippen molar-refractivity contribution in [3.63, 3.8) is 0 Å². The highest BCUT2D eigenvalue weighted by Gasteiger charge is 2.13. The van der Waals surface area contributed by atoms with Crippen molar-refractivity contribution in [1.82, 2.24) is 24.7 Å². The second-order valence-corrected chi connectivity index (χ2v) is 5.37. The number of nitrogens with zero attached hydrogens (tertiary/aromatic N) is 4. The van der Waals surface area contributed by atoms with Crippen LogP contribution in [0.5, 0.6) is 0 Å². The third kappa shape index (κ3) is 3.14. The van der Waals surface area contributed by atoms with Crippen molar-refractivity contribution < 1.29 is 0 Å². The summed E-state index contributed by atoms with van der Waals surface area (Å²) < 4.78 is 2.27. The van der Waals surface area contributed by atoms with Gasteiger partial charge in [-0.05, 0) is 34.1 Å². The molecule has 0 spiro atoms. The molecule has 0 radical (unpaired) electrons. The molecule has 0 saturated heterocycles. The van der Waals surface area contributed by atoms with Gasteiger partial charge in [0.1, 0.15) is 5.03 Å². The van der Waals surface area contributed by atoms with E-state index in [1.165, 1.54) is 11.8 Å². The highest BCUT2D eigenvalue weighted by atomic mass is 79.9. The Labute approximate surface area is 121 Å². The Morgan fingerprint density at radius 1 is 1.63 bits per heavy atom. The largest absolute Gasteiger partial charge is 0.343 e. The molecule has 2 heterocycles. The Kier molecular flexibility index (Phi) is 4.56. The summed E-state index contributed by atoms with van der Waals surface area (Å²) in [6.07, 6.45) is 2.42. The first-order chi connectivity index (χ1) is 9.15. The van der Waals surface area contributed by atoms with Crippen molar-refractivity contribution in [2.24, 2.45) is 5.84 Å². The maximum Gasteiger partial charge on any atom is 0.343 e. The van der Waals surface area contributed by atoms with Crippen molar-refractivity contribution in [1.29, 1.82) is 0 Å². The number of nitrogens with two attached hydrogens (primary N) is 1. The number of hydrazine groups is 1. The molecule has 0 atom stereocenters. The fraction of sp³-hybridized carbons (Fsp3) is 0.333. The summed E-state index contributed by atoms with van der Waals surface area (Å²) >= 11 is 4.61. The summed E-state index contributed by atoms with van der Waals surface area (Å²) in [4.78, 5) is 19.7. The maximum atomic E-state index is 11.6. The third-order valence-electron chi connectivity index (χ3n) is 2.20. The number of nitrogen functional groups attached to an aromatic ring is 1. The van der Waals surface area contributed by atoms with Crippen molar-refractivity contribution in [3.05, 3.63) is 21.2 Å². The first-order valence-corrected chi connectivity index (χ1v) is 7.08. The molecule has 4 N–H and O–H groups in total. The molecule has 0 fully saturated rings. The molecule has 19 heavy (non-hydrogen) atoms. The summed E-state index contributed by atoms with van der Waals surface area (Å²) in [5.74, 6) is 5.56. The Balaban J connectivity index is 2.33. The first-order valence-electron chi connectivity index (χ1n) is 5.48. The second kappa shape index (κ2) is 6.17. The second-order valence-electron chi connectivity index (χ2n) is 3.56. The number of aromatic nitrogens is 5. The minimum Gasteiger partial charge on any atom is -0.292 e. The van der Waals surface area contributed by atoms with E-state index in [2.05, 4.69) is 41.5 Å². The minimum atomic E-state index is -0.230. The van der Waals surface area contributed by atoms with Crippen LogP contribution in [0.3, 0.4) is 0 Å². The van der Waals surface area contributed by atoms with Crippen LogP contribution in [0.15, 0.2) is 25.6 Å². The lowest BCUT2D eigenvalue weighted by Gasteiger charge is -2.05. The van der Waals surface area contributed by atoms with E-state index in [1.807, 2.05) is 6.92 Å². The molecule has 102 valence electrons. The van der Waals surface area contributed by atoms with Gasteiger partial charge in [-0.15, -0.1) is 5.10 Å². The minimum absolute atomic E-state index is 0.230. The van der Waals surface area contributed by atoms with E-state index in [4.69, 9.17) is 5.84 Å². The van der Waals surface area contributed by atoms with Crippen LogP contribution in [0.4, 0.5) is 5.95 Å². The number of halogens is 1. The molecular weight excluding hydrogens is 334 g/mol. The first kappa shape index (κ1) is 14.0.